The summed E-state index contributed by atoms with van der Waals surface area (Å²) in [5, 5.41) is 0. The van der Waals surface area contributed by atoms with Crippen LogP contribution in [0, 0.1) is 0 Å². The van der Waals surface area contributed by atoms with Crippen LogP contribution in [0.25, 0.3) is 11.4 Å². The third kappa shape index (κ3) is 4.93. The number of rotatable bonds is 6. The molecule has 3 heterocycles. The number of aromatic nitrogens is 2. The molecule has 1 aromatic heterocycles. The van der Waals surface area contributed by atoms with Crippen LogP contribution in [0.3, 0.4) is 0 Å². The average molecular weight is 479 g/mol. The van der Waals surface area contributed by atoms with Gasteiger partial charge < -0.3 is 9.64 Å². The molecular formula is C26H30N4O3S. The van der Waals surface area contributed by atoms with Crippen molar-refractivity contribution in [1.29, 1.82) is 0 Å². The first-order chi connectivity index (χ1) is 16.4. The summed E-state index contributed by atoms with van der Waals surface area (Å²) >= 11 is 0. The molecule has 1 saturated heterocycles. The lowest BCUT2D eigenvalue weighted by molar-refractivity contribution is 0.224. The molecule has 0 N–H and O–H groups in total. The van der Waals surface area contributed by atoms with Gasteiger partial charge in [0.25, 0.3) is 0 Å². The molecule has 0 spiro atoms. The van der Waals surface area contributed by atoms with E-state index in [1.165, 1.54) is 21.8 Å². The molecule has 1 unspecified atom stereocenters. The van der Waals surface area contributed by atoms with E-state index >= 15 is 0 Å². The fraction of sp³-hybridized carbons (Fsp3) is 0.385. The lowest BCUT2D eigenvalue weighted by Crippen LogP contribution is -2.35. The highest BCUT2D eigenvalue weighted by Crippen LogP contribution is 2.29. The maximum atomic E-state index is 11.8. The van der Waals surface area contributed by atoms with Gasteiger partial charge in [0.2, 0.25) is 10.0 Å². The molecule has 0 saturated carbocycles. The zero-order chi connectivity index (χ0) is 23.7. The zero-order valence-electron chi connectivity index (χ0n) is 19.6. The Kier molecular flexibility index (Phi) is 6.27. The van der Waals surface area contributed by atoms with Crippen molar-refractivity contribution in [3.05, 3.63) is 71.5 Å². The van der Waals surface area contributed by atoms with E-state index in [2.05, 4.69) is 52.1 Å². The van der Waals surface area contributed by atoms with E-state index in [0.717, 1.165) is 54.2 Å². The van der Waals surface area contributed by atoms with Crippen LogP contribution in [0.1, 0.15) is 30.0 Å². The maximum absolute atomic E-state index is 11.8. The lowest BCUT2D eigenvalue weighted by atomic mass is 10.0. The molecule has 34 heavy (non-hydrogen) atoms. The quantitative estimate of drug-likeness (QED) is 0.538. The minimum absolute atomic E-state index is 0.124. The van der Waals surface area contributed by atoms with E-state index in [-0.39, 0.29) is 6.10 Å². The van der Waals surface area contributed by atoms with Crippen LogP contribution < -0.4 is 9.64 Å². The number of anilines is 1. The van der Waals surface area contributed by atoms with E-state index in [1.54, 1.807) is 0 Å². The zero-order valence-corrected chi connectivity index (χ0v) is 20.5. The molecule has 0 radical (unpaired) electrons. The van der Waals surface area contributed by atoms with E-state index in [9.17, 15) is 8.42 Å². The summed E-state index contributed by atoms with van der Waals surface area (Å²) in [4.78, 5) is 11.3. The Hall–Kier alpha value is -2.97. The fourth-order valence-corrected chi connectivity index (χ4v) is 5.42. The van der Waals surface area contributed by atoms with Crippen molar-refractivity contribution in [3.8, 4) is 17.1 Å². The second-order valence-electron chi connectivity index (χ2n) is 9.07. The van der Waals surface area contributed by atoms with E-state index < -0.39 is 10.0 Å². The molecule has 0 amide bonds. The Bertz CT molecular complexity index is 1260. The summed E-state index contributed by atoms with van der Waals surface area (Å²) in [7, 11) is -3.16. The van der Waals surface area contributed by atoms with Gasteiger partial charge >= 0.3 is 0 Å². The number of hydrogen-bond acceptors (Lipinski definition) is 6. The van der Waals surface area contributed by atoms with E-state index in [0.29, 0.717) is 19.5 Å². The summed E-state index contributed by atoms with van der Waals surface area (Å²) in [6.07, 6.45) is 7.79. The largest absolute Gasteiger partial charge is 0.489 e. The Labute approximate surface area is 201 Å². The fourth-order valence-electron chi connectivity index (χ4n) is 4.62. The first-order valence-electron chi connectivity index (χ1n) is 11.8. The van der Waals surface area contributed by atoms with Crippen molar-refractivity contribution < 1.29 is 13.2 Å². The topological polar surface area (TPSA) is 75.6 Å². The highest BCUT2D eigenvalue weighted by Gasteiger charge is 2.26. The highest BCUT2D eigenvalue weighted by atomic mass is 32.2. The first-order valence-corrected chi connectivity index (χ1v) is 13.6. The van der Waals surface area contributed by atoms with Crippen LogP contribution in [0.4, 0.5) is 5.69 Å². The number of benzene rings is 2. The van der Waals surface area contributed by atoms with Crippen molar-refractivity contribution in [2.75, 3.05) is 30.8 Å². The van der Waals surface area contributed by atoms with Gasteiger partial charge in [-0.25, -0.2) is 18.4 Å². The van der Waals surface area contributed by atoms with Crippen LogP contribution >= 0.6 is 0 Å². The van der Waals surface area contributed by atoms with Gasteiger partial charge in [0.05, 0.1) is 12.8 Å². The third-order valence-electron chi connectivity index (χ3n) is 6.68. The smallest absolute Gasteiger partial charge is 0.211 e. The summed E-state index contributed by atoms with van der Waals surface area (Å²) in [5.74, 6) is 1.61. The molecule has 0 aliphatic carbocycles. The Morgan fingerprint density at radius 3 is 2.50 bits per heavy atom. The van der Waals surface area contributed by atoms with Gasteiger partial charge in [0.1, 0.15) is 11.9 Å². The van der Waals surface area contributed by atoms with Gasteiger partial charge in [-0.1, -0.05) is 13.0 Å². The van der Waals surface area contributed by atoms with E-state index in [4.69, 9.17) is 4.74 Å². The van der Waals surface area contributed by atoms with Crippen LogP contribution in [0.5, 0.6) is 5.75 Å². The first kappa shape index (κ1) is 22.8. The van der Waals surface area contributed by atoms with Crippen LogP contribution in [-0.2, 0) is 29.4 Å². The van der Waals surface area contributed by atoms with Crippen molar-refractivity contribution in [3.63, 3.8) is 0 Å². The minimum atomic E-state index is -3.16. The van der Waals surface area contributed by atoms with Crippen molar-refractivity contribution in [2.45, 2.75) is 38.8 Å². The lowest BCUT2D eigenvalue weighted by Gasteiger charge is -2.27. The predicted octanol–water partition coefficient (Wildman–Crippen LogP) is 3.68. The Balaban J connectivity index is 1.20. The van der Waals surface area contributed by atoms with Gasteiger partial charge in [-0.2, -0.15) is 4.31 Å². The number of nitrogens with zero attached hydrogens (tertiary/aromatic N) is 4. The van der Waals surface area contributed by atoms with Gasteiger partial charge in [0.15, 0.2) is 5.82 Å². The molecule has 0 bridgehead atoms. The molecule has 8 heteroatoms. The highest BCUT2D eigenvalue weighted by molar-refractivity contribution is 7.88. The van der Waals surface area contributed by atoms with Gasteiger partial charge in [0, 0.05) is 49.7 Å². The normalized spacial score (nSPS) is 18.6. The number of sulfonamides is 1. The van der Waals surface area contributed by atoms with Gasteiger partial charge in [-0.15, -0.1) is 0 Å². The molecule has 178 valence electrons. The number of fused-ring (bicyclic) bond motifs is 1. The summed E-state index contributed by atoms with van der Waals surface area (Å²) in [6, 6.07) is 14.5. The second kappa shape index (κ2) is 9.35. The molecule has 2 aromatic carbocycles. The Morgan fingerprint density at radius 1 is 1.03 bits per heavy atom. The molecule has 2 aliphatic heterocycles. The SMILES string of the molecule is CCc1cnc(-c2ccc(N3CCC(Oc4ccc5c(c4)CCN(S(C)(=O)=O)C5)C3)cc2)nc1. The second-order valence-corrected chi connectivity index (χ2v) is 11.0. The van der Waals surface area contributed by atoms with Crippen LogP contribution in [0.2, 0.25) is 0 Å². The average Bonchev–Trinajstić information content (AvgIpc) is 3.32. The minimum Gasteiger partial charge on any atom is -0.489 e. The molecule has 2 aliphatic rings. The van der Waals surface area contributed by atoms with Crippen LogP contribution in [-0.4, -0.2) is 54.7 Å². The molecule has 7 nitrogen and oxygen atoms in total. The monoisotopic (exact) mass is 478 g/mol. The molecule has 1 fully saturated rings. The summed E-state index contributed by atoms with van der Waals surface area (Å²) in [6.45, 7) is 4.84. The molecular weight excluding hydrogens is 448 g/mol. The third-order valence-corrected chi connectivity index (χ3v) is 7.93. The number of hydrogen-bond donors (Lipinski definition) is 0. The molecule has 3 aromatic rings. The standard InChI is InChI=1S/C26H30N4O3S/c1-3-19-15-27-26(28-16-19)20-4-7-23(8-5-20)29-12-11-25(18-29)33-24-9-6-22-17-30(34(2,31)32)13-10-21(22)14-24/h4-9,14-16,25H,3,10-13,17-18H2,1-2H3. The van der Waals surface area contributed by atoms with Crippen molar-refractivity contribution in [1.82, 2.24) is 14.3 Å². The maximum Gasteiger partial charge on any atom is 0.211 e. The number of ether oxygens (including phenoxy) is 1. The Morgan fingerprint density at radius 2 is 1.79 bits per heavy atom. The van der Waals surface area contributed by atoms with Crippen molar-refractivity contribution >= 4 is 15.7 Å². The van der Waals surface area contributed by atoms with Crippen LogP contribution in [0.15, 0.2) is 54.9 Å². The van der Waals surface area contributed by atoms with E-state index in [1.807, 2.05) is 24.5 Å². The van der Waals surface area contributed by atoms with Crippen molar-refractivity contribution in [2.24, 2.45) is 0 Å². The summed E-state index contributed by atoms with van der Waals surface area (Å²) < 4.78 is 31.5. The molecule has 5 rings (SSSR count). The number of aryl methyl sites for hydroxylation is 1. The summed E-state index contributed by atoms with van der Waals surface area (Å²) in [5.41, 5.74) is 5.56. The molecule has 1 atom stereocenters. The predicted molar refractivity (Wildman–Crippen MR) is 133 cm³/mol. The van der Waals surface area contributed by atoms with Gasteiger partial charge in [-0.05, 0) is 65.9 Å². The van der Waals surface area contributed by atoms with Gasteiger partial charge in [-0.3, -0.25) is 0 Å².